The Kier molecular flexibility index (Phi) is 3.83. The van der Waals surface area contributed by atoms with Gasteiger partial charge in [0.1, 0.15) is 34.7 Å². The van der Waals surface area contributed by atoms with E-state index in [0.29, 0.717) is 11.3 Å². The highest BCUT2D eigenvalue weighted by Crippen LogP contribution is 2.44. The lowest BCUT2D eigenvalue weighted by Crippen LogP contribution is -2.34. The summed E-state index contributed by atoms with van der Waals surface area (Å²) in [5, 5.41) is 29.1. The molecule has 0 saturated carbocycles. The summed E-state index contributed by atoms with van der Waals surface area (Å²) in [4.78, 5) is 12.6. The van der Waals surface area contributed by atoms with Gasteiger partial charge in [-0.1, -0.05) is 12.1 Å². The van der Waals surface area contributed by atoms with Crippen molar-refractivity contribution < 1.29 is 29.6 Å². The summed E-state index contributed by atoms with van der Waals surface area (Å²) in [5.74, 6) is -1.08. The zero-order valence-electron chi connectivity index (χ0n) is 12.4. The molecule has 1 aliphatic rings. The van der Waals surface area contributed by atoms with Crippen LogP contribution in [0.4, 0.5) is 0 Å². The predicted octanol–water partition coefficient (Wildman–Crippen LogP) is 2.03. The zero-order chi connectivity index (χ0) is 16.6. The molecule has 0 fully saturated rings. The van der Waals surface area contributed by atoms with Crippen molar-refractivity contribution in [2.24, 2.45) is 5.92 Å². The van der Waals surface area contributed by atoms with Crippen molar-refractivity contribution in [3.63, 3.8) is 0 Å². The van der Waals surface area contributed by atoms with E-state index < -0.39 is 24.4 Å². The average Bonchev–Trinajstić information content (AvgIpc) is 2.54. The smallest absolute Gasteiger partial charge is 0.179 e. The second-order valence-corrected chi connectivity index (χ2v) is 5.30. The molecule has 3 rings (SSSR count). The predicted molar refractivity (Wildman–Crippen MR) is 81.0 cm³/mol. The van der Waals surface area contributed by atoms with Crippen molar-refractivity contribution in [2.75, 3.05) is 13.7 Å². The topological polar surface area (TPSA) is 96.2 Å². The summed E-state index contributed by atoms with van der Waals surface area (Å²) in [6, 6.07) is 9.29. The number of Topliss-reactive ketones (excluding diaryl/α,β-unsaturated/α-hetero) is 1. The Morgan fingerprint density at radius 3 is 2.48 bits per heavy atom. The molecule has 1 heterocycles. The fourth-order valence-electron chi connectivity index (χ4n) is 2.74. The number of aliphatic hydroxyl groups excluding tert-OH is 1. The largest absolute Gasteiger partial charge is 0.508 e. The number of benzene rings is 2. The summed E-state index contributed by atoms with van der Waals surface area (Å²) >= 11 is 0. The summed E-state index contributed by atoms with van der Waals surface area (Å²) in [5.41, 5.74) is 0.665. The Bertz CT molecular complexity index is 737. The van der Waals surface area contributed by atoms with Gasteiger partial charge in [0.05, 0.1) is 19.6 Å². The first-order valence-corrected chi connectivity index (χ1v) is 7.06. The molecular weight excluding hydrogens is 300 g/mol. The Balaban J connectivity index is 2.05. The maximum atomic E-state index is 12.6. The molecule has 0 radical (unpaired) electrons. The Morgan fingerprint density at radius 1 is 1.17 bits per heavy atom. The molecule has 120 valence electrons. The van der Waals surface area contributed by atoms with Gasteiger partial charge < -0.3 is 24.8 Å². The van der Waals surface area contributed by atoms with Crippen LogP contribution in [0.3, 0.4) is 0 Å². The Labute approximate surface area is 132 Å². The van der Waals surface area contributed by atoms with Crippen LogP contribution in [0.1, 0.15) is 22.0 Å². The summed E-state index contributed by atoms with van der Waals surface area (Å²) in [7, 11) is 1.55. The number of fused-ring (bicyclic) bond motifs is 1. The van der Waals surface area contributed by atoms with Crippen molar-refractivity contribution >= 4 is 5.78 Å². The lowest BCUT2D eigenvalue weighted by atomic mass is 9.86. The summed E-state index contributed by atoms with van der Waals surface area (Å²) in [6.07, 6.45) is -0.716. The van der Waals surface area contributed by atoms with Crippen molar-refractivity contribution in [2.45, 2.75) is 6.10 Å². The van der Waals surface area contributed by atoms with Crippen LogP contribution in [-0.4, -0.2) is 34.8 Å². The fraction of sp³-hybridized carbons (Fsp3) is 0.235. The molecule has 2 aromatic carbocycles. The molecule has 0 aromatic heterocycles. The summed E-state index contributed by atoms with van der Waals surface area (Å²) < 4.78 is 10.9. The minimum Gasteiger partial charge on any atom is -0.508 e. The van der Waals surface area contributed by atoms with Crippen LogP contribution in [0, 0.1) is 5.92 Å². The van der Waals surface area contributed by atoms with Gasteiger partial charge in [-0.2, -0.15) is 0 Å². The number of ether oxygens (including phenoxy) is 2. The van der Waals surface area contributed by atoms with Gasteiger partial charge in [0.25, 0.3) is 0 Å². The summed E-state index contributed by atoms with van der Waals surface area (Å²) in [6.45, 7) is -0.421. The molecule has 0 amide bonds. The van der Waals surface area contributed by atoms with Crippen molar-refractivity contribution in [1.82, 2.24) is 0 Å². The Hall–Kier alpha value is -2.73. The number of aliphatic hydroxyl groups is 1. The minimum absolute atomic E-state index is 0.0217. The van der Waals surface area contributed by atoms with Gasteiger partial charge in [0.15, 0.2) is 5.78 Å². The van der Waals surface area contributed by atoms with Crippen molar-refractivity contribution in [3.05, 3.63) is 47.5 Å². The van der Waals surface area contributed by atoms with E-state index in [9.17, 15) is 20.1 Å². The van der Waals surface area contributed by atoms with Crippen LogP contribution >= 0.6 is 0 Å². The van der Waals surface area contributed by atoms with Crippen LogP contribution in [0.25, 0.3) is 0 Å². The normalized spacial score (nSPS) is 19.8. The molecule has 6 heteroatoms. The van der Waals surface area contributed by atoms with Crippen LogP contribution in [0.2, 0.25) is 0 Å². The van der Waals surface area contributed by atoms with E-state index in [1.807, 2.05) is 0 Å². The first-order valence-electron chi connectivity index (χ1n) is 7.06. The number of ketones is 1. The standard InChI is InChI=1S/C17H16O6/c1-22-11-4-2-9(3-5-11)17-12(8-18)16(21)15-13(20)6-10(19)7-14(15)23-17/h2-7,12,17-20H,8H2,1H3/t12-,17-/m0/s1. The van der Waals surface area contributed by atoms with Gasteiger partial charge >= 0.3 is 0 Å². The lowest BCUT2D eigenvalue weighted by Gasteiger charge is -2.32. The van der Waals surface area contributed by atoms with Gasteiger partial charge in [-0.15, -0.1) is 0 Å². The molecule has 2 atom stereocenters. The SMILES string of the molecule is COc1ccc([C@@H]2Oc3cc(O)cc(O)c3C(=O)[C@@H]2CO)cc1. The lowest BCUT2D eigenvalue weighted by molar-refractivity contribution is 0.0491. The number of carbonyl (C=O) groups excluding carboxylic acids is 1. The number of hydrogen-bond donors (Lipinski definition) is 3. The minimum atomic E-state index is -0.841. The molecule has 0 aliphatic carbocycles. The van der Waals surface area contributed by atoms with Crippen LogP contribution in [-0.2, 0) is 0 Å². The van der Waals surface area contributed by atoms with Crippen LogP contribution < -0.4 is 9.47 Å². The number of phenolic OH excluding ortho intramolecular Hbond substituents is 2. The number of rotatable bonds is 3. The highest BCUT2D eigenvalue weighted by atomic mass is 16.5. The molecule has 3 N–H and O–H groups in total. The van der Waals surface area contributed by atoms with Crippen LogP contribution in [0.15, 0.2) is 36.4 Å². The third kappa shape index (κ3) is 2.57. The third-order valence-electron chi connectivity index (χ3n) is 3.91. The monoisotopic (exact) mass is 316 g/mol. The van der Waals surface area contributed by atoms with Gasteiger partial charge in [-0.25, -0.2) is 0 Å². The zero-order valence-corrected chi connectivity index (χ0v) is 12.4. The van der Waals surface area contributed by atoms with E-state index in [0.717, 1.165) is 6.07 Å². The molecule has 6 nitrogen and oxygen atoms in total. The third-order valence-corrected chi connectivity index (χ3v) is 3.91. The maximum Gasteiger partial charge on any atom is 0.179 e. The first-order chi connectivity index (χ1) is 11.0. The van der Waals surface area contributed by atoms with E-state index in [1.165, 1.54) is 6.07 Å². The van der Waals surface area contributed by atoms with E-state index >= 15 is 0 Å². The number of phenols is 2. The Morgan fingerprint density at radius 2 is 1.87 bits per heavy atom. The van der Waals surface area contributed by atoms with Crippen molar-refractivity contribution in [1.29, 1.82) is 0 Å². The van der Waals surface area contributed by atoms with Crippen LogP contribution in [0.5, 0.6) is 23.0 Å². The van der Waals surface area contributed by atoms with E-state index in [4.69, 9.17) is 9.47 Å². The average molecular weight is 316 g/mol. The second-order valence-electron chi connectivity index (χ2n) is 5.30. The molecule has 0 unspecified atom stereocenters. The molecular formula is C17H16O6. The number of hydrogen-bond acceptors (Lipinski definition) is 6. The van der Waals surface area contributed by atoms with E-state index in [-0.39, 0.29) is 22.8 Å². The molecule has 2 aromatic rings. The second kappa shape index (κ2) is 5.81. The van der Waals surface area contributed by atoms with Gasteiger partial charge in [0.2, 0.25) is 0 Å². The maximum absolute atomic E-state index is 12.6. The van der Waals surface area contributed by atoms with Crippen molar-refractivity contribution in [3.8, 4) is 23.0 Å². The number of methoxy groups -OCH3 is 1. The molecule has 1 aliphatic heterocycles. The molecule has 0 bridgehead atoms. The molecule has 0 saturated heterocycles. The molecule has 23 heavy (non-hydrogen) atoms. The van der Waals surface area contributed by atoms with E-state index in [2.05, 4.69) is 0 Å². The first kappa shape index (κ1) is 15.2. The number of aromatic hydroxyl groups is 2. The van der Waals surface area contributed by atoms with Gasteiger partial charge in [-0.3, -0.25) is 4.79 Å². The quantitative estimate of drug-likeness (QED) is 0.802. The fourth-order valence-corrected chi connectivity index (χ4v) is 2.74. The highest BCUT2D eigenvalue weighted by Gasteiger charge is 2.39. The molecule has 0 spiro atoms. The van der Waals surface area contributed by atoms with E-state index in [1.54, 1.807) is 31.4 Å². The van der Waals surface area contributed by atoms with Gasteiger partial charge in [0, 0.05) is 12.1 Å². The van der Waals surface area contributed by atoms with Gasteiger partial charge in [-0.05, 0) is 17.7 Å². The highest BCUT2D eigenvalue weighted by molar-refractivity contribution is 6.04. The number of carbonyl (C=O) groups is 1.